The minimum absolute atomic E-state index is 0.853. The molecule has 0 fully saturated rings. The van der Waals surface area contributed by atoms with Crippen LogP contribution in [0.5, 0.6) is 0 Å². The lowest BCUT2D eigenvalue weighted by atomic mass is 9.91. The zero-order chi connectivity index (χ0) is 43.6. The quantitative estimate of drug-likeness (QED) is 0.162. The van der Waals surface area contributed by atoms with E-state index < -0.39 is 0 Å². The molecule has 0 bridgehead atoms. The van der Waals surface area contributed by atoms with Gasteiger partial charge in [0.15, 0.2) is 0 Å². The highest BCUT2D eigenvalue weighted by Crippen LogP contribution is 2.39. The van der Waals surface area contributed by atoms with Crippen LogP contribution < -0.4 is 0 Å². The van der Waals surface area contributed by atoms with Crippen molar-refractivity contribution >= 4 is 87.7 Å². The van der Waals surface area contributed by atoms with E-state index in [1.807, 2.05) is 12.1 Å². The molecule has 0 N–H and O–H groups in total. The molecule has 4 nitrogen and oxygen atoms in total. The molecular formula is C62H42N4. The molecule has 0 unspecified atom stereocenters. The first-order valence-electron chi connectivity index (χ1n) is 22.9. The van der Waals surface area contributed by atoms with Gasteiger partial charge in [-0.15, -0.1) is 0 Å². The van der Waals surface area contributed by atoms with Crippen LogP contribution in [0.2, 0.25) is 0 Å². The predicted octanol–water partition coefficient (Wildman–Crippen LogP) is 16.1. The molecule has 0 radical (unpaired) electrons. The summed E-state index contributed by atoms with van der Waals surface area (Å²) in [6.45, 7) is 0. The lowest BCUT2D eigenvalue weighted by Crippen LogP contribution is -2.03. The van der Waals surface area contributed by atoms with Crippen LogP contribution in [-0.2, 0) is 0 Å². The van der Waals surface area contributed by atoms with Crippen LogP contribution in [0, 0.1) is 0 Å². The van der Waals surface area contributed by atoms with Crippen LogP contribution in [0.25, 0.3) is 104 Å². The number of pyridine rings is 2. The van der Waals surface area contributed by atoms with Gasteiger partial charge in [0.2, 0.25) is 0 Å². The lowest BCUT2D eigenvalue weighted by Gasteiger charge is -2.15. The summed E-state index contributed by atoms with van der Waals surface area (Å²) in [5, 5.41) is 11.1. The Bertz CT molecular complexity index is 4020. The third-order valence-electron chi connectivity index (χ3n) is 13.5. The SMILES string of the molecule is C1=C(c2cccc(-c3ccc(-c4nc5ccccc5c5nc6ccccn6c45)cc3)c2)\N=C(\c2cc3ccccc3c3ccccc23)CCC\C=C/1c1cc2ccccc2c2ccccc12. The molecule has 1 aliphatic heterocycles. The Morgan fingerprint density at radius 3 is 1.80 bits per heavy atom. The fraction of sp³-hybridized carbons (Fsp3) is 0.0484. The Morgan fingerprint density at radius 1 is 0.439 bits per heavy atom. The van der Waals surface area contributed by atoms with Crippen LogP contribution >= 0.6 is 0 Å². The molecule has 0 atom stereocenters. The number of nitrogens with zero attached hydrogens (tertiary/aromatic N) is 4. The van der Waals surface area contributed by atoms with Crippen LogP contribution in [0.3, 0.4) is 0 Å². The first-order chi connectivity index (χ1) is 32.7. The summed E-state index contributed by atoms with van der Waals surface area (Å²) in [6.07, 6.45) is 9.64. The Hall–Kier alpha value is -8.47. The van der Waals surface area contributed by atoms with Crippen LogP contribution in [0.15, 0.2) is 224 Å². The molecule has 0 spiro atoms. The van der Waals surface area contributed by atoms with Crippen LogP contribution in [0.1, 0.15) is 36.0 Å². The molecule has 0 amide bonds. The molecular weight excluding hydrogens is 801 g/mol. The number of allylic oxidation sites excluding steroid dienone is 3. The third kappa shape index (κ3) is 6.41. The minimum Gasteiger partial charge on any atom is -0.298 e. The number of aliphatic imine (C=N–C) groups is 1. The first kappa shape index (κ1) is 38.0. The highest BCUT2D eigenvalue weighted by molar-refractivity contribution is 6.20. The second kappa shape index (κ2) is 15.7. The zero-order valence-electron chi connectivity index (χ0n) is 36.2. The summed E-state index contributed by atoms with van der Waals surface area (Å²) in [5.74, 6) is 0. The number of aromatic nitrogens is 3. The van der Waals surface area contributed by atoms with Gasteiger partial charge >= 0.3 is 0 Å². The van der Waals surface area contributed by atoms with Crippen LogP contribution in [0.4, 0.5) is 0 Å². The molecule has 3 aromatic heterocycles. The number of hydrogen-bond donors (Lipinski definition) is 0. The zero-order valence-corrected chi connectivity index (χ0v) is 36.2. The summed E-state index contributed by atoms with van der Waals surface area (Å²) in [5.41, 5.74) is 14.8. The summed E-state index contributed by atoms with van der Waals surface area (Å²) in [4.78, 5) is 16.1. The van der Waals surface area contributed by atoms with Crippen molar-refractivity contribution in [2.75, 3.05) is 0 Å². The van der Waals surface area contributed by atoms with Gasteiger partial charge in [0.1, 0.15) is 11.2 Å². The molecule has 0 aliphatic carbocycles. The van der Waals surface area contributed by atoms with E-state index in [0.29, 0.717) is 0 Å². The number of fused-ring (bicyclic) bond motifs is 11. The monoisotopic (exact) mass is 842 g/mol. The Kier molecular flexibility index (Phi) is 9.02. The van der Waals surface area contributed by atoms with Gasteiger partial charge < -0.3 is 0 Å². The molecule has 0 saturated heterocycles. The van der Waals surface area contributed by atoms with E-state index >= 15 is 0 Å². The maximum absolute atomic E-state index is 5.79. The number of rotatable bonds is 5. The van der Waals surface area contributed by atoms with Gasteiger partial charge in [0.05, 0.1) is 22.4 Å². The van der Waals surface area contributed by atoms with Gasteiger partial charge in [0.25, 0.3) is 0 Å². The Morgan fingerprint density at radius 2 is 1.05 bits per heavy atom. The summed E-state index contributed by atoms with van der Waals surface area (Å²) < 4.78 is 2.16. The maximum Gasteiger partial charge on any atom is 0.137 e. The van der Waals surface area contributed by atoms with Crippen molar-refractivity contribution < 1.29 is 0 Å². The van der Waals surface area contributed by atoms with Gasteiger partial charge in [-0.1, -0.05) is 170 Å². The number of hydrogen-bond acceptors (Lipinski definition) is 3. The molecule has 4 heteroatoms. The standard InChI is InChI=1S/C62H42N4/c1-4-21-47-43(16-1)37-54(51-25-8-6-23-49(47)51)45-18-3-11-29-57(55-38-44-17-2-5-22-48(44)50-24-7-9-26-52(50)55)63-58(39-45)46-20-15-19-42(36-46)40-31-33-41(34-32-40)60-62-61(53-27-10-12-28-56(53)64-60)65-59-30-13-14-35-66(59)62/h1-2,4-10,12-28,30-39H,3,11,29H2/b45-18+,58-39-,63-57+. The van der Waals surface area contributed by atoms with E-state index in [2.05, 4.69) is 211 Å². The summed E-state index contributed by atoms with van der Waals surface area (Å²) in [7, 11) is 0. The van der Waals surface area contributed by atoms with Crippen molar-refractivity contribution in [2.45, 2.75) is 19.3 Å². The van der Waals surface area contributed by atoms with Crippen molar-refractivity contribution in [1.82, 2.24) is 14.4 Å². The molecule has 66 heavy (non-hydrogen) atoms. The van der Waals surface area contributed by atoms with E-state index in [1.54, 1.807) is 0 Å². The van der Waals surface area contributed by atoms with Crippen molar-refractivity contribution in [1.29, 1.82) is 0 Å². The van der Waals surface area contributed by atoms with E-state index in [1.165, 1.54) is 59.8 Å². The Labute approximate surface area is 382 Å². The van der Waals surface area contributed by atoms with Gasteiger partial charge in [0, 0.05) is 34.0 Å². The molecule has 0 saturated carbocycles. The maximum atomic E-state index is 5.79. The second-order valence-electron chi connectivity index (χ2n) is 17.4. The molecule has 9 aromatic carbocycles. The summed E-state index contributed by atoms with van der Waals surface area (Å²) >= 11 is 0. The summed E-state index contributed by atoms with van der Waals surface area (Å²) in [6, 6.07) is 72.1. The van der Waals surface area contributed by atoms with Gasteiger partial charge in [-0.2, -0.15) is 0 Å². The second-order valence-corrected chi connectivity index (χ2v) is 17.4. The normalized spacial score (nSPS) is 15.9. The number of benzene rings is 9. The number of para-hydroxylation sites is 1. The fourth-order valence-corrected chi connectivity index (χ4v) is 10.3. The van der Waals surface area contributed by atoms with Crippen LogP contribution in [-0.4, -0.2) is 20.1 Å². The van der Waals surface area contributed by atoms with Crippen molar-refractivity contribution in [2.24, 2.45) is 4.99 Å². The van der Waals surface area contributed by atoms with Gasteiger partial charge in [-0.3, -0.25) is 9.39 Å². The molecule has 1 aliphatic rings. The smallest absolute Gasteiger partial charge is 0.137 e. The van der Waals surface area contributed by atoms with E-state index in [4.69, 9.17) is 15.0 Å². The average Bonchev–Trinajstić information content (AvgIpc) is 3.82. The van der Waals surface area contributed by atoms with E-state index in [-0.39, 0.29) is 0 Å². The minimum atomic E-state index is 0.853. The lowest BCUT2D eigenvalue weighted by molar-refractivity contribution is 0.897. The predicted molar refractivity (Wildman–Crippen MR) is 278 cm³/mol. The first-order valence-corrected chi connectivity index (χ1v) is 22.9. The van der Waals surface area contributed by atoms with Gasteiger partial charge in [-0.25, -0.2) is 9.97 Å². The molecule has 13 rings (SSSR count). The average molecular weight is 843 g/mol. The highest BCUT2D eigenvalue weighted by Gasteiger charge is 2.19. The van der Waals surface area contributed by atoms with Crippen molar-refractivity contribution in [3.8, 4) is 22.4 Å². The molecule has 310 valence electrons. The third-order valence-corrected chi connectivity index (χ3v) is 13.5. The van der Waals surface area contributed by atoms with Gasteiger partial charge in [-0.05, 0) is 127 Å². The number of imidazole rings is 1. The largest absolute Gasteiger partial charge is 0.298 e. The van der Waals surface area contributed by atoms with E-state index in [9.17, 15) is 0 Å². The highest BCUT2D eigenvalue weighted by atomic mass is 15.0. The fourth-order valence-electron chi connectivity index (χ4n) is 10.3. The topological polar surface area (TPSA) is 42.5 Å². The van der Waals surface area contributed by atoms with Crippen molar-refractivity contribution in [3.63, 3.8) is 0 Å². The Balaban J connectivity index is 0.975. The van der Waals surface area contributed by atoms with E-state index in [0.717, 1.165) is 86.2 Å². The molecule has 4 heterocycles. The molecule has 12 aromatic rings. The van der Waals surface area contributed by atoms with Crippen molar-refractivity contribution in [3.05, 3.63) is 235 Å².